The minimum absolute atomic E-state index is 0.163. The average Bonchev–Trinajstić information content (AvgIpc) is 2.25. The summed E-state index contributed by atoms with van der Waals surface area (Å²) in [5.41, 5.74) is -4.19. The second-order valence-electron chi connectivity index (χ2n) is 3.06. The highest BCUT2D eigenvalue weighted by Gasteiger charge is 2.35. The van der Waals surface area contributed by atoms with Crippen LogP contribution in [0.4, 0.5) is 18.9 Å². The van der Waals surface area contributed by atoms with Gasteiger partial charge in [0.25, 0.3) is 10.9 Å². The van der Waals surface area contributed by atoms with Crippen LogP contribution in [0, 0.1) is 21.4 Å². The number of nitriles is 1. The lowest BCUT2D eigenvalue weighted by atomic mass is 10.0. The van der Waals surface area contributed by atoms with Gasteiger partial charge in [-0.2, -0.15) is 18.4 Å². The highest BCUT2D eigenvalue weighted by atomic mass is 35.5. The summed E-state index contributed by atoms with van der Waals surface area (Å²) >= 11 is 5.03. The van der Waals surface area contributed by atoms with Crippen LogP contribution >= 0.6 is 11.6 Å². The van der Waals surface area contributed by atoms with Crippen LogP contribution in [0.1, 0.15) is 21.5 Å². The molecule has 18 heavy (non-hydrogen) atoms. The molecule has 9 heteroatoms. The molecule has 0 aliphatic carbocycles. The van der Waals surface area contributed by atoms with E-state index in [4.69, 9.17) is 16.9 Å². The van der Waals surface area contributed by atoms with E-state index in [1.807, 2.05) is 0 Å². The standard InChI is InChI=1S/C9H2ClF3N2O3/c10-8(16)7-4(3-14)1-5(9(11,12)13)2-6(7)15(17)18/h1-2H. The maximum atomic E-state index is 12.4. The second-order valence-corrected chi connectivity index (χ2v) is 3.40. The van der Waals surface area contributed by atoms with Gasteiger partial charge in [-0.05, 0) is 17.7 Å². The fourth-order valence-electron chi connectivity index (χ4n) is 1.23. The molecule has 0 bridgehead atoms. The van der Waals surface area contributed by atoms with Crippen molar-refractivity contribution in [3.8, 4) is 6.07 Å². The van der Waals surface area contributed by atoms with Crippen LogP contribution < -0.4 is 0 Å². The Hall–Kier alpha value is -2.14. The Morgan fingerprint density at radius 1 is 1.44 bits per heavy atom. The molecule has 5 nitrogen and oxygen atoms in total. The number of nitro groups is 1. The molecule has 0 N–H and O–H groups in total. The normalized spacial score (nSPS) is 10.8. The number of alkyl halides is 3. The lowest BCUT2D eigenvalue weighted by Crippen LogP contribution is -2.10. The van der Waals surface area contributed by atoms with E-state index in [1.54, 1.807) is 0 Å². The zero-order valence-corrected chi connectivity index (χ0v) is 9.04. The Bertz CT molecular complexity index is 578. The summed E-state index contributed by atoms with van der Waals surface area (Å²) in [6.45, 7) is 0. The second kappa shape index (κ2) is 4.62. The fraction of sp³-hybridized carbons (Fsp3) is 0.111. The summed E-state index contributed by atoms with van der Waals surface area (Å²) in [4.78, 5) is 20.3. The maximum absolute atomic E-state index is 12.4. The van der Waals surface area contributed by atoms with Crippen molar-refractivity contribution in [1.29, 1.82) is 5.26 Å². The summed E-state index contributed by atoms with van der Waals surface area (Å²) < 4.78 is 37.3. The van der Waals surface area contributed by atoms with Crippen molar-refractivity contribution in [3.63, 3.8) is 0 Å². The van der Waals surface area contributed by atoms with Gasteiger partial charge in [-0.25, -0.2) is 0 Å². The number of nitro benzene ring substituents is 1. The minimum atomic E-state index is -4.87. The number of halogens is 4. The van der Waals surface area contributed by atoms with Crippen LogP contribution in [0.5, 0.6) is 0 Å². The zero-order chi connectivity index (χ0) is 14.1. The van der Waals surface area contributed by atoms with Gasteiger partial charge in [0, 0.05) is 6.07 Å². The third-order valence-corrected chi connectivity index (χ3v) is 2.15. The number of carbonyl (C=O) groups is 1. The number of nitrogens with zero attached hydrogens (tertiary/aromatic N) is 2. The van der Waals surface area contributed by atoms with Crippen molar-refractivity contribution in [2.45, 2.75) is 6.18 Å². The average molecular weight is 279 g/mol. The molecule has 0 fully saturated rings. The highest BCUT2D eigenvalue weighted by Crippen LogP contribution is 2.35. The summed E-state index contributed by atoms with van der Waals surface area (Å²) in [5, 5.41) is 17.8. The van der Waals surface area contributed by atoms with E-state index >= 15 is 0 Å². The van der Waals surface area contributed by atoms with E-state index in [1.165, 1.54) is 6.07 Å². The molecule has 1 aromatic carbocycles. The Morgan fingerprint density at radius 2 is 2.00 bits per heavy atom. The van der Waals surface area contributed by atoms with Gasteiger partial charge in [0.2, 0.25) is 0 Å². The fourth-order valence-corrected chi connectivity index (χ4v) is 1.43. The molecular formula is C9H2ClF3N2O3. The largest absolute Gasteiger partial charge is 0.416 e. The van der Waals surface area contributed by atoms with Gasteiger partial charge in [0.05, 0.1) is 16.1 Å². The Balaban J connectivity index is 3.71. The van der Waals surface area contributed by atoms with Gasteiger partial charge in [0.15, 0.2) is 0 Å². The van der Waals surface area contributed by atoms with Gasteiger partial charge in [-0.1, -0.05) is 0 Å². The molecule has 0 amide bonds. The summed E-state index contributed by atoms with van der Waals surface area (Å²) in [6, 6.07) is 1.77. The first-order valence-corrected chi connectivity index (χ1v) is 4.56. The van der Waals surface area contributed by atoms with Crippen LogP contribution in [0.15, 0.2) is 12.1 Å². The predicted octanol–water partition coefficient (Wildman–Crippen LogP) is 2.86. The SMILES string of the molecule is N#Cc1cc(C(F)(F)F)cc([N+](=O)[O-])c1C(=O)Cl. The molecule has 0 aliphatic heterocycles. The molecule has 0 atom stereocenters. The van der Waals surface area contributed by atoms with Gasteiger partial charge >= 0.3 is 6.18 Å². The topological polar surface area (TPSA) is 84.0 Å². The summed E-state index contributed by atoms with van der Waals surface area (Å²) in [5.74, 6) is 0. The van der Waals surface area contributed by atoms with E-state index in [2.05, 4.69) is 0 Å². The van der Waals surface area contributed by atoms with Crippen molar-refractivity contribution in [3.05, 3.63) is 38.9 Å². The first-order valence-electron chi connectivity index (χ1n) is 4.18. The van der Waals surface area contributed by atoms with Crippen molar-refractivity contribution in [2.24, 2.45) is 0 Å². The zero-order valence-electron chi connectivity index (χ0n) is 8.29. The van der Waals surface area contributed by atoms with E-state index in [9.17, 15) is 28.1 Å². The molecule has 94 valence electrons. The van der Waals surface area contributed by atoms with Crippen LogP contribution in [-0.4, -0.2) is 10.2 Å². The van der Waals surface area contributed by atoms with Gasteiger partial charge < -0.3 is 0 Å². The van der Waals surface area contributed by atoms with Crippen molar-refractivity contribution in [2.75, 3.05) is 0 Å². The third kappa shape index (κ3) is 2.57. The van der Waals surface area contributed by atoms with Gasteiger partial charge in [0.1, 0.15) is 11.6 Å². The van der Waals surface area contributed by atoms with Crippen LogP contribution in [0.3, 0.4) is 0 Å². The van der Waals surface area contributed by atoms with Gasteiger partial charge in [-0.15, -0.1) is 0 Å². The van der Waals surface area contributed by atoms with Crippen molar-refractivity contribution < 1.29 is 22.9 Å². The molecule has 0 saturated carbocycles. The first kappa shape index (κ1) is 13.9. The maximum Gasteiger partial charge on any atom is 0.416 e. The molecule has 1 aromatic rings. The monoisotopic (exact) mass is 278 g/mol. The molecule has 0 saturated heterocycles. The third-order valence-electron chi connectivity index (χ3n) is 1.96. The molecular weight excluding hydrogens is 277 g/mol. The van der Waals surface area contributed by atoms with Crippen molar-refractivity contribution >= 4 is 22.5 Å². The van der Waals surface area contributed by atoms with Crippen LogP contribution in [0.2, 0.25) is 0 Å². The smallest absolute Gasteiger partial charge is 0.275 e. The van der Waals surface area contributed by atoms with E-state index in [0.717, 1.165) is 0 Å². The lowest BCUT2D eigenvalue weighted by Gasteiger charge is -2.08. The molecule has 0 aliphatic rings. The lowest BCUT2D eigenvalue weighted by molar-refractivity contribution is -0.385. The molecule has 0 radical (unpaired) electrons. The van der Waals surface area contributed by atoms with Gasteiger partial charge in [-0.3, -0.25) is 14.9 Å². The Labute approximate surface area is 103 Å². The minimum Gasteiger partial charge on any atom is -0.275 e. The van der Waals surface area contributed by atoms with E-state index in [0.29, 0.717) is 6.07 Å². The molecule has 0 unspecified atom stereocenters. The quantitative estimate of drug-likeness (QED) is 0.473. The van der Waals surface area contributed by atoms with Crippen molar-refractivity contribution in [1.82, 2.24) is 0 Å². The highest BCUT2D eigenvalue weighted by molar-refractivity contribution is 6.68. The molecule has 1 rings (SSSR count). The predicted molar refractivity (Wildman–Crippen MR) is 53.0 cm³/mol. The number of hydrogen-bond acceptors (Lipinski definition) is 4. The Kier molecular flexibility index (Phi) is 3.57. The molecule has 0 heterocycles. The summed E-state index contributed by atoms with van der Waals surface area (Å²) in [7, 11) is 0. The number of carbonyl (C=O) groups excluding carboxylic acids is 1. The number of hydrogen-bond donors (Lipinski definition) is 0. The number of benzene rings is 1. The summed E-state index contributed by atoms with van der Waals surface area (Å²) in [6.07, 6.45) is -4.87. The molecule has 0 aromatic heterocycles. The molecule has 0 spiro atoms. The van der Waals surface area contributed by atoms with E-state index in [-0.39, 0.29) is 6.07 Å². The first-order chi connectivity index (χ1) is 8.18. The Morgan fingerprint density at radius 3 is 2.33 bits per heavy atom. The van der Waals surface area contributed by atoms with E-state index < -0.39 is 38.7 Å². The number of rotatable bonds is 2. The van der Waals surface area contributed by atoms with Crippen LogP contribution in [-0.2, 0) is 6.18 Å². The van der Waals surface area contributed by atoms with Crippen LogP contribution in [0.25, 0.3) is 0 Å².